The highest BCUT2D eigenvalue weighted by molar-refractivity contribution is 5.83. The van der Waals surface area contributed by atoms with E-state index in [1.165, 1.54) is 6.20 Å². The molecule has 3 N–H and O–H groups in total. The van der Waals surface area contributed by atoms with Crippen molar-refractivity contribution in [1.82, 2.24) is 10.3 Å². The lowest BCUT2D eigenvalue weighted by molar-refractivity contribution is -0.154. The molecule has 6 nitrogen and oxygen atoms in total. The summed E-state index contributed by atoms with van der Waals surface area (Å²) in [6, 6.07) is 3.12. The van der Waals surface area contributed by atoms with Gasteiger partial charge in [0.1, 0.15) is 0 Å². The van der Waals surface area contributed by atoms with E-state index in [2.05, 4.69) is 10.3 Å². The van der Waals surface area contributed by atoms with E-state index in [0.29, 0.717) is 31.6 Å². The van der Waals surface area contributed by atoms with Gasteiger partial charge in [-0.05, 0) is 18.9 Å². The molecule has 1 amide bonds. The molecule has 9 heteroatoms. The van der Waals surface area contributed by atoms with Gasteiger partial charge in [-0.25, -0.2) is 4.98 Å². The lowest BCUT2D eigenvalue weighted by Gasteiger charge is -2.34. The van der Waals surface area contributed by atoms with Crippen molar-refractivity contribution >= 4 is 5.91 Å². The normalized spacial score (nSPS) is 17.3. The molecule has 0 aliphatic carbocycles. The van der Waals surface area contributed by atoms with Gasteiger partial charge in [0.25, 0.3) is 0 Å². The third-order valence-electron chi connectivity index (χ3n) is 3.98. The van der Waals surface area contributed by atoms with Crippen molar-refractivity contribution < 1.29 is 27.4 Å². The van der Waals surface area contributed by atoms with Gasteiger partial charge in [0, 0.05) is 38.1 Å². The maximum Gasteiger partial charge on any atom is 0.422 e. The van der Waals surface area contributed by atoms with Crippen LogP contribution in [0.4, 0.5) is 13.2 Å². The number of alkyl halides is 3. The quantitative estimate of drug-likeness (QED) is 0.812. The van der Waals surface area contributed by atoms with Crippen LogP contribution in [0.15, 0.2) is 18.3 Å². The van der Waals surface area contributed by atoms with Crippen LogP contribution in [0.5, 0.6) is 5.88 Å². The molecule has 134 valence electrons. The molecule has 0 atom stereocenters. The number of hydrogen-bond acceptors (Lipinski definition) is 5. The number of pyridine rings is 1. The van der Waals surface area contributed by atoms with E-state index in [1.807, 2.05) is 0 Å². The van der Waals surface area contributed by atoms with Crippen LogP contribution < -0.4 is 15.8 Å². The van der Waals surface area contributed by atoms with Crippen LogP contribution in [-0.4, -0.2) is 43.4 Å². The predicted molar refractivity (Wildman–Crippen MR) is 79.2 cm³/mol. The van der Waals surface area contributed by atoms with Gasteiger partial charge in [-0.1, -0.05) is 6.07 Å². The van der Waals surface area contributed by atoms with E-state index in [-0.39, 0.29) is 24.9 Å². The van der Waals surface area contributed by atoms with Crippen LogP contribution in [-0.2, 0) is 16.1 Å². The van der Waals surface area contributed by atoms with Crippen molar-refractivity contribution in [3.63, 3.8) is 0 Å². The number of carbonyl (C=O) groups is 1. The lowest BCUT2D eigenvalue weighted by Crippen LogP contribution is -2.49. The topological polar surface area (TPSA) is 86.5 Å². The molecule has 1 aromatic rings. The Morgan fingerprint density at radius 1 is 1.42 bits per heavy atom. The molecule has 1 aliphatic rings. The van der Waals surface area contributed by atoms with Crippen molar-refractivity contribution in [3.05, 3.63) is 23.9 Å². The van der Waals surface area contributed by atoms with Gasteiger partial charge in [0.05, 0.1) is 5.41 Å². The summed E-state index contributed by atoms with van der Waals surface area (Å²) in [6.07, 6.45) is -2.10. The number of nitrogens with one attached hydrogen (secondary N) is 1. The van der Waals surface area contributed by atoms with Crippen LogP contribution in [0.3, 0.4) is 0 Å². The highest BCUT2D eigenvalue weighted by Crippen LogP contribution is 2.30. The Hall–Kier alpha value is -1.87. The van der Waals surface area contributed by atoms with Gasteiger partial charge in [0.15, 0.2) is 6.61 Å². The van der Waals surface area contributed by atoms with Crippen LogP contribution >= 0.6 is 0 Å². The second-order valence-corrected chi connectivity index (χ2v) is 5.65. The number of hydrogen-bond donors (Lipinski definition) is 2. The summed E-state index contributed by atoms with van der Waals surface area (Å²) < 4.78 is 46.8. The molecule has 1 aromatic heterocycles. The number of halogens is 3. The summed E-state index contributed by atoms with van der Waals surface area (Å²) in [5, 5.41) is 2.72. The van der Waals surface area contributed by atoms with Crippen molar-refractivity contribution in [1.29, 1.82) is 0 Å². The fraction of sp³-hybridized carbons (Fsp3) is 0.600. The largest absolute Gasteiger partial charge is 0.468 e. The third-order valence-corrected chi connectivity index (χ3v) is 3.98. The molecule has 1 fully saturated rings. The fourth-order valence-corrected chi connectivity index (χ4v) is 2.49. The first-order valence-electron chi connectivity index (χ1n) is 7.56. The van der Waals surface area contributed by atoms with Crippen molar-refractivity contribution in [3.8, 4) is 5.88 Å². The van der Waals surface area contributed by atoms with Gasteiger partial charge in [-0.2, -0.15) is 13.2 Å². The van der Waals surface area contributed by atoms with Gasteiger partial charge in [0.2, 0.25) is 11.8 Å². The van der Waals surface area contributed by atoms with Crippen molar-refractivity contribution in [2.24, 2.45) is 11.1 Å². The molecule has 0 spiro atoms. The van der Waals surface area contributed by atoms with Crippen molar-refractivity contribution in [2.45, 2.75) is 25.6 Å². The van der Waals surface area contributed by atoms with Crippen LogP contribution in [0.1, 0.15) is 18.4 Å². The van der Waals surface area contributed by atoms with Crippen molar-refractivity contribution in [2.75, 3.05) is 26.4 Å². The average Bonchev–Trinajstić information content (AvgIpc) is 2.58. The summed E-state index contributed by atoms with van der Waals surface area (Å²) in [5.41, 5.74) is 5.42. The Morgan fingerprint density at radius 3 is 2.75 bits per heavy atom. The number of amides is 1. The molecule has 0 unspecified atom stereocenters. The zero-order valence-electron chi connectivity index (χ0n) is 13.1. The molecule has 0 radical (unpaired) electrons. The fourth-order valence-electron chi connectivity index (χ4n) is 2.49. The van der Waals surface area contributed by atoms with Gasteiger partial charge in [-0.15, -0.1) is 0 Å². The summed E-state index contributed by atoms with van der Waals surface area (Å²) in [5.74, 6) is -0.386. The average molecular weight is 347 g/mol. The molecule has 0 aromatic carbocycles. The second-order valence-electron chi connectivity index (χ2n) is 5.65. The number of nitrogens with two attached hydrogens (primary N) is 1. The summed E-state index contributed by atoms with van der Waals surface area (Å²) in [7, 11) is 0. The second kappa shape index (κ2) is 7.80. The SMILES string of the molecule is NCC1(C(=O)NCc2cccnc2OCC(F)(F)F)CCOCC1. The van der Waals surface area contributed by atoms with E-state index in [4.69, 9.17) is 15.2 Å². The van der Waals surface area contributed by atoms with Crippen LogP contribution in [0, 0.1) is 5.41 Å². The Morgan fingerprint density at radius 2 is 2.12 bits per heavy atom. The summed E-state index contributed by atoms with van der Waals surface area (Å²) in [6.45, 7) is -0.320. The molecular weight excluding hydrogens is 327 g/mol. The van der Waals surface area contributed by atoms with Gasteiger partial charge >= 0.3 is 6.18 Å². The summed E-state index contributed by atoms with van der Waals surface area (Å²) >= 11 is 0. The molecule has 1 saturated heterocycles. The first-order chi connectivity index (χ1) is 11.4. The highest BCUT2D eigenvalue weighted by Gasteiger charge is 2.38. The highest BCUT2D eigenvalue weighted by atomic mass is 19.4. The maximum absolute atomic E-state index is 12.5. The van der Waals surface area contributed by atoms with E-state index >= 15 is 0 Å². The first kappa shape index (κ1) is 18.5. The Labute approximate surface area is 137 Å². The van der Waals surface area contributed by atoms with Gasteiger partial charge in [-0.3, -0.25) is 4.79 Å². The molecular formula is C15H20F3N3O3. The van der Waals surface area contributed by atoms with Crippen LogP contribution in [0.25, 0.3) is 0 Å². The molecule has 2 heterocycles. The molecule has 0 saturated carbocycles. The summed E-state index contributed by atoms with van der Waals surface area (Å²) in [4.78, 5) is 16.3. The standard InChI is InChI=1S/C15H20F3N3O3/c16-15(17,18)10-24-12-11(2-1-5-20-12)8-21-13(22)14(9-19)3-6-23-7-4-14/h1-2,5H,3-4,6-10,19H2,(H,21,22). The van der Waals surface area contributed by atoms with Crippen LogP contribution in [0.2, 0.25) is 0 Å². The minimum atomic E-state index is -4.45. The maximum atomic E-state index is 12.5. The van der Waals surface area contributed by atoms with Gasteiger partial charge < -0.3 is 20.5 Å². The molecule has 2 rings (SSSR count). The lowest BCUT2D eigenvalue weighted by atomic mass is 9.79. The molecule has 1 aliphatic heterocycles. The zero-order valence-corrected chi connectivity index (χ0v) is 13.1. The molecule has 0 bridgehead atoms. The smallest absolute Gasteiger partial charge is 0.422 e. The van der Waals surface area contributed by atoms with E-state index < -0.39 is 18.2 Å². The number of aromatic nitrogens is 1. The Bertz CT molecular complexity index is 560. The number of nitrogens with zero attached hydrogens (tertiary/aromatic N) is 1. The Balaban J connectivity index is 1.99. The Kier molecular flexibility index (Phi) is 6.00. The first-order valence-corrected chi connectivity index (χ1v) is 7.56. The number of carbonyl (C=O) groups excluding carboxylic acids is 1. The number of ether oxygens (including phenoxy) is 2. The number of rotatable bonds is 6. The third kappa shape index (κ3) is 4.81. The molecule has 24 heavy (non-hydrogen) atoms. The zero-order chi connectivity index (χ0) is 17.6. The van der Waals surface area contributed by atoms with E-state index in [9.17, 15) is 18.0 Å². The monoisotopic (exact) mass is 347 g/mol. The minimum absolute atomic E-state index is 0.0163. The predicted octanol–water partition coefficient (Wildman–Crippen LogP) is 1.39. The minimum Gasteiger partial charge on any atom is -0.468 e. The van der Waals surface area contributed by atoms with E-state index in [1.54, 1.807) is 12.1 Å². The van der Waals surface area contributed by atoms with E-state index in [0.717, 1.165) is 0 Å².